The summed E-state index contributed by atoms with van der Waals surface area (Å²) in [6.45, 7) is 18.0. The third-order valence-electron chi connectivity index (χ3n) is 13.2. The van der Waals surface area contributed by atoms with Crippen molar-refractivity contribution in [2.24, 2.45) is 17.8 Å². The first-order chi connectivity index (χ1) is 27.4. The van der Waals surface area contributed by atoms with E-state index in [0.29, 0.717) is 11.3 Å². The van der Waals surface area contributed by atoms with E-state index in [1.807, 2.05) is 0 Å². The molecule has 4 saturated carbocycles. The minimum atomic E-state index is -0.826. The van der Waals surface area contributed by atoms with Gasteiger partial charge >= 0.3 is 37.9 Å². The van der Waals surface area contributed by atoms with Crippen LogP contribution in [0.5, 0.6) is 0 Å². The fraction of sp³-hybridized carbons (Fsp3) is 0.434. The molecule has 4 fully saturated rings. The van der Waals surface area contributed by atoms with Crippen LogP contribution in [0, 0.1) is 17.8 Å². The van der Waals surface area contributed by atoms with E-state index in [0.717, 1.165) is 33.7 Å². The van der Waals surface area contributed by atoms with Gasteiger partial charge in [-0.05, 0) is 108 Å². The number of hydrogen-bond acceptors (Lipinski definition) is 0. The van der Waals surface area contributed by atoms with E-state index in [-0.39, 0.29) is 5.41 Å². The summed E-state index contributed by atoms with van der Waals surface area (Å²) in [5.74, 6) is 3.68. The van der Waals surface area contributed by atoms with Crippen LogP contribution >= 0.6 is 17.0 Å². The van der Waals surface area contributed by atoms with Gasteiger partial charge in [0, 0.05) is 9.52 Å². The van der Waals surface area contributed by atoms with Crippen molar-refractivity contribution in [3.05, 3.63) is 131 Å². The summed E-state index contributed by atoms with van der Waals surface area (Å²) >= 11 is -0.826. The Morgan fingerprint density at radius 3 is 1.67 bits per heavy atom. The van der Waals surface area contributed by atoms with Gasteiger partial charge in [-0.3, -0.25) is 0 Å². The van der Waals surface area contributed by atoms with Gasteiger partial charge in [0.15, 0.2) is 0 Å². The number of benzene rings is 4. The van der Waals surface area contributed by atoms with E-state index >= 15 is 0 Å². The van der Waals surface area contributed by atoms with Gasteiger partial charge < -0.3 is 0 Å². The first kappa shape index (κ1) is 44.3. The van der Waals surface area contributed by atoms with E-state index in [9.17, 15) is 0 Å². The molecule has 0 aliphatic heterocycles. The third kappa shape index (κ3) is 10.4. The zero-order chi connectivity index (χ0) is 40.7. The average molecular weight is 891 g/mol. The molecule has 1 unspecified atom stereocenters. The van der Waals surface area contributed by atoms with Crippen LogP contribution in [0.15, 0.2) is 109 Å². The molecule has 4 aliphatic carbocycles. The van der Waals surface area contributed by atoms with Crippen molar-refractivity contribution in [2.75, 3.05) is 0 Å². The molecule has 0 aromatic heterocycles. The van der Waals surface area contributed by atoms with Crippen LogP contribution in [0.25, 0.3) is 43.8 Å². The first-order valence-electron chi connectivity index (χ1n) is 21.6. The molecule has 4 bridgehead atoms. The number of rotatable bonds is 7. The molecule has 0 amide bonds. The molecule has 0 spiro atoms. The predicted octanol–water partition coefficient (Wildman–Crippen LogP) is 16.8. The Kier molecular flexibility index (Phi) is 15.5. The van der Waals surface area contributed by atoms with Crippen LogP contribution < -0.4 is 0 Å². The molecule has 298 valence electrons. The average Bonchev–Trinajstić information content (AvgIpc) is 3.83. The van der Waals surface area contributed by atoms with Crippen molar-refractivity contribution in [2.45, 2.75) is 129 Å². The Morgan fingerprint density at radius 2 is 1.19 bits per heavy atom. The van der Waals surface area contributed by atoms with Crippen LogP contribution in [-0.4, -0.2) is 9.52 Å². The maximum absolute atomic E-state index is 4.93. The summed E-state index contributed by atoms with van der Waals surface area (Å²) in [6, 6.07) is 41.8. The van der Waals surface area contributed by atoms with E-state index < -0.39 is 20.8 Å². The Morgan fingerprint density at radius 1 is 0.719 bits per heavy atom. The topological polar surface area (TPSA) is 0 Å². The van der Waals surface area contributed by atoms with Crippen molar-refractivity contribution in [1.29, 1.82) is 0 Å². The Balaban J connectivity index is 0.000000171. The summed E-state index contributed by atoms with van der Waals surface area (Å²) < 4.78 is 0. The van der Waals surface area contributed by atoms with Gasteiger partial charge in [-0.1, -0.05) is 133 Å². The molecule has 57 heavy (non-hydrogen) atoms. The molecule has 6 aromatic rings. The standard InChI is InChI=1S/C27H29.C24H29.C2H6Si.2ClH.Zr/c1-2-18-13-23-4-3-5-25(26(23)14-18)22-6-8-24(9-7-22)27-15-19-10-20(16-27)12-21(11-19)17-27;1-6-8-17(2)20-15-19-9-7-10-22(23(19)16-20)18-11-13-21(14-12-18)24(3,4)5;1-3-2;;;/h3-9,13-14,19-21H,2,10-12,15-17H2,1H3;7,9-17H,6,8H2,1-5H3;1-2H3;2*1H;/q2*-1;;;;+4/p-2. The van der Waals surface area contributed by atoms with E-state index in [2.05, 4.69) is 164 Å². The summed E-state index contributed by atoms with van der Waals surface area (Å²) in [5.41, 5.74) is 12.1. The predicted molar refractivity (Wildman–Crippen MR) is 250 cm³/mol. The van der Waals surface area contributed by atoms with E-state index in [1.165, 1.54) is 112 Å². The fourth-order valence-corrected chi connectivity index (χ4v) is 10.8. The second-order valence-corrected chi connectivity index (χ2v) is 23.2. The van der Waals surface area contributed by atoms with Crippen LogP contribution in [-0.2, 0) is 38.1 Å². The monoisotopic (exact) mass is 888 g/mol. The van der Waals surface area contributed by atoms with Gasteiger partial charge in [-0.2, -0.15) is 12.1 Å². The molecule has 10 rings (SSSR count). The number of fused-ring (bicyclic) bond motifs is 2. The summed E-state index contributed by atoms with van der Waals surface area (Å²) in [6.07, 6.45) is 12.5. The van der Waals surface area contributed by atoms with Crippen LogP contribution in [0.3, 0.4) is 0 Å². The van der Waals surface area contributed by atoms with Crippen molar-refractivity contribution in [3.63, 3.8) is 0 Å². The molecule has 6 aromatic carbocycles. The van der Waals surface area contributed by atoms with Crippen LogP contribution in [0.4, 0.5) is 0 Å². The van der Waals surface area contributed by atoms with Gasteiger partial charge in [0.2, 0.25) is 0 Å². The Hall–Kier alpha value is -2.22. The molecular formula is C53H64Cl2SiZr. The molecule has 0 saturated heterocycles. The molecular weight excluding hydrogens is 827 g/mol. The first-order valence-corrected chi connectivity index (χ1v) is 29.9. The molecule has 0 nitrogen and oxygen atoms in total. The molecule has 0 heterocycles. The van der Waals surface area contributed by atoms with Crippen LogP contribution in [0.1, 0.15) is 121 Å². The summed E-state index contributed by atoms with van der Waals surface area (Å²) in [7, 11) is 11.0. The van der Waals surface area contributed by atoms with Crippen molar-refractivity contribution in [1.82, 2.24) is 0 Å². The maximum atomic E-state index is 4.93. The second kappa shape index (κ2) is 19.9. The molecule has 4 aliphatic rings. The van der Waals surface area contributed by atoms with Gasteiger partial charge in [0.05, 0.1) is 0 Å². The van der Waals surface area contributed by atoms with Gasteiger partial charge in [-0.25, -0.2) is 0 Å². The number of aryl methyl sites for hydroxylation is 1. The van der Waals surface area contributed by atoms with Crippen molar-refractivity contribution in [3.8, 4) is 22.3 Å². The summed E-state index contributed by atoms with van der Waals surface area (Å²) in [5, 5.41) is 5.55. The van der Waals surface area contributed by atoms with Gasteiger partial charge in [0.25, 0.3) is 0 Å². The quantitative estimate of drug-likeness (QED) is 0.111. The minimum absolute atomic E-state index is 0.202. The Bertz CT molecular complexity index is 2130. The molecule has 2 radical (unpaired) electrons. The fourth-order valence-electron chi connectivity index (χ4n) is 10.8. The number of halogens is 2. The molecule has 0 N–H and O–H groups in total. The van der Waals surface area contributed by atoms with Crippen LogP contribution in [0.2, 0.25) is 13.1 Å². The van der Waals surface area contributed by atoms with E-state index in [1.54, 1.807) is 5.56 Å². The van der Waals surface area contributed by atoms with Crippen molar-refractivity contribution >= 4 is 48.1 Å². The second-order valence-electron chi connectivity index (χ2n) is 18.5. The number of hydrogen-bond donors (Lipinski definition) is 0. The SMILES string of the molecule is CCCC(C)c1cc2c(-c3ccc(C(C)(C)C)cc3)cccc2[cH-]1.CCc1cc2c(-c3ccc(C45CC6CC(CC(C6)C4)C5)cc3)cccc2[cH-]1.C[Si]C.[Cl][Zr+2][Cl]. The Labute approximate surface area is 366 Å². The third-order valence-corrected chi connectivity index (χ3v) is 13.2. The normalized spacial score (nSPS) is 21.1. The van der Waals surface area contributed by atoms with Gasteiger partial charge in [-0.15, -0.1) is 69.1 Å². The van der Waals surface area contributed by atoms with Crippen molar-refractivity contribution < 1.29 is 20.8 Å². The molecule has 4 heteroatoms. The zero-order valence-corrected chi connectivity index (χ0v) is 40.8. The van der Waals surface area contributed by atoms with E-state index in [4.69, 9.17) is 17.0 Å². The molecule has 1 atom stereocenters. The zero-order valence-electron chi connectivity index (χ0n) is 35.8. The summed E-state index contributed by atoms with van der Waals surface area (Å²) in [4.78, 5) is 0. The van der Waals surface area contributed by atoms with Gasteiger partial charge in [0.1, 0.15) is 0 Å².